The lowest BCUT2D eigenvalue weighted by Crippen LogP contribution is -2.51. The van der Waals surface area contributed by atoms with Crippen molar-refractivity contribution in [1.29, 1.82) is 0 Å². The van der Waals surface area contributed by atoms with E-state index in [1.54, 1.807) is 33.5 Å². The SMILES string of the molecule is COc1cc(C(=O)N2CCCC(CCN3CCC(N(Cc4ccc(CO)o4)c4nc5ccccc5[nH]4)CC3)(c3ccccc3)C2)cc(OC)c1OC. The number of hydrogen-bond donors (Lipinski definition) is 2. The van der Waals surface area contributed by atoms with Crippen LogP contribution in [0.15, 0.2) is 83.3 Å². The number of hydrogen-bond acceptors (Lipinski definition) is 9. The Morgan fingerprint density at radius 2 is 1.65 bits per heavy atom. The molecule has 0 radical (unpaired) electrons. The highest BCUT2D eigenvalue weighted by atomic mass is 16.5. The summed E-state index contributed by atoms with van der Waals surface area (Å²) in [5.41, 5.74) is 3.58. The fourth-order valence-electron chi connectivity index (χ4n) is 8.11. The Bertz CT molecular complexity index is 1890. The molecule has 1 amide bonds. The second-order valence-electron chi connectivity index (χ2n) is 13.9. The molecule has 2 fully saturated rings. The number of benzene rings is 3. The topological polar surface area (TPSA) is 117 Å². The number of nitrogens with zero attached hydrogens (tertiary/aromatic N) is 4. The molecule has 1 unspecified atom stereocenters. The van der Waals surface area contributed by atoms with Crippen molar-refractivity contribution in [1.82, 2.24) is 19.8 Å². The summed E-state index contributed by atoms with van der Waals surface area (Å²) in [5.74, 6) is 3.58. The molecule has 11 heteroatoms. The Kier molecular flexibility index (Phi) is 10.7. The van der Waals surface area contributed by atoms with Gasteiger partial charge in [-0.25, -0.2) is 4.98 Å². The number of fused-ring (bicyclic) bond motifs is 1. The minimum Gasteiger partial charge on any atom is -0.493 e. The van der Waals surface area contributed by atoms with Crippen molar-refractivity contribution < 1.29 is 28.5 Å². The molecule has 2 aliphatic heterocycles. The van der Waals surface area contributed by atoms with E-state index in [4.69, 9.17) is 23.6 Å². The van der Waals surface area contributed by atoms with Crippen molar-refractivity contribution in [3.63, 3.8) is 0 Å². The van der Waals surface area contributed by atoms with E-state index in [0.717, 1.165) is 74.5 Å². The number of imidazole rings is 1. The zero-order valence-corrected chi connectivity index (χ0v) is 30.3. The molecule has 274 valence electrons. The Hall–Kier alpha value is -5.00. The Balaban J connectivity index is 1.06. The van der Waals surface area contributed by atoms with Crippen LogP contribution in [0.25, 0.3) is 11.0 Å². The maximum Gasteiger partial charge on any atom is 0.254 e. The first-order chi connectivity index (χ1) is 25.4. The summed E-state index contributed by atoms with van der Waals surface area (Å²) >= 11 is 0. The number of aliphatic hydroxyl groups excluding tert-OH is 1. The molecule has 1 atom stereocenters. The van der Waals surface area contributed by atoms with Gasteiger partial charge in [0.05, 0.1) is 38.9 Å². The number of amides is 1. The van der Waals surface area contributed by atoms with E-state index in [1.807, 2.05) is 35.2 Å². The summed E-state index contributed by atoms with van der Waals surface area (Å²) in [6.45, 7) is 4.64. The molecule has 5 aromatic rings. The first-order valence-corrected chi connectivity index (χ1v) is 18.2. The number of nitrogens with one attached hydrogen (secondary N) is 1. The van der Waals surface area contributed by atoms with Crippen molar-refractivity contribution in [2.24, 2.45) is 0 Å². The van der Waals surface area contributed by atoms with Gasteiger partial charge in [0.1, 0.15) is 18.1 Å². The lowest BCUT2D eigenvalue weighted by Gasteiger charge is -2.45. The number of carbonyl (C=O) groups is 1. The van der Waals surface area contributed by atoms with Crippen molar-refractivity contribution in [2.75, 3.05) is 59.0 Å². The number of H-pyrrole nitrogens is 1. The number of piperidine rings is 2. The van der Waals surface area contributed by atoms with Gasteiger partial charge in [0.2, 0.25) is 11.7 Å². The number of ether oxygens (including phenoxy) is 3. The Morgan fingerprint density at radius 1 is 0.942 bits per heavy atom. The third-order valence-corrected chi connectivity index (χ3v) is 10.9. The van der Waals surface area contributed by atoms with E-state index < -0.39 is 0 Å². The minimum absolute atomic E-state index is 0.0339. The lowest BCUT2D eigenvalue weighted by atomic mass is 9.71. The van der Waals surface area contributed by atoms with Crippen LogP contribution in [0.1, 0.15) is 59.5 Å². The molecular weight excluding hydrogens is 658 g/mol. The smallest absolute Gasteiger partial charge is 0.254 e. The van der Waals surface area contributed by atoms with E-state index in [1.165, 1.54) is 5.56 Å². The number of aliphatic hydroxyl groups is 1. The van der Waals surface area contributed by atoms with Gasteiger partial charge < -0.3 is 43.4 Å². The summed E-state index contributed by atoms with van der Waals surface area (Å²) in [5, 5.41) is 9.60. The molecule has 3 aromatic carbocycles. The van der Waals surface area contributed by atoms with Gasteiger partial charge >= 0.3 is 0 Å². The highest BCUT2D eigenvalue weighted by Gasteiger charge is 2.40. The molecule has 2 N–H and O–H groups in total. The minimum atomic E-state index is -0.170. The van der Waals surface area contributed by atoms with E-state index in [-0.39, 0.29) is 24.0 Å². The molecule has 7 rings (SSSR count). The monoisotopic (exact) mass is 707 g/mol. The van der Waals surface area contributed by atoms with E-state index >= 15 is 0 Å². The van der Waals surface area contributed by atoms with Crippen LogP contribution in [0.4, 0.5) is 5.95 Å². The molecule has 0 aliphatic carbocycles. The molecule has 4 heterocycles. The van der Waals surface area contributed by atoms with Gasteiger partial charge in [-0.15, -0.1) is 0 Å². The van der Waals surface area contributed by atoms with E-state index in [0.29, 0.717) is 48.2 Å². The summed E-state index contributed by atoms with van der Waals surface area (Å²) in [6, 6.07) is 26.4. The van der Waals surface area contributed by atoms with Gasteiger partial charge in [0.15, 0.2) is 11.5 Å². The maximum absolute atomic E-state index is 14.1. The molecule has 2 aromatic heterocycles. The van der Waals surface area contributed by atoms with Gasteiger partial charge in [0.25, 0.3) is 5.91 Å². The maximum atomic E-state index is 14.1. The van der Waals surface area contributed by atoms with Crippen LogP contribution < -0.4 is 19.1 Å². The zero-order valence-electron chi connectivity index (χ0n) is 30.3. The highest BCUT2D eigenvalue weighted by Crippen LogP contribution is 2.41. The molecule has 0 spiro atoms. The van der Waals surface area contributed by atoms with Crippen LogP contribution in [0.5, 0.6) is 17.2 Å². The van der Waals surface area contributed by atoms with Gasteiger partial charge in [-0.1, -0.05) is 42.5 Å². The molecule has 0 bridgehead atoms. The molecule has 2 aliphatic rings. The molecule has 11 nitrogen and oxygen atoms in total. The van der Waals surface area contributed by atoms with E-state index in [2.05, 4.69) is 51.2 Å². The number of carbonyl (C=O) groups excluding carboxylic acids is 1. The number of para-hydroxylation sites is 2. The molecule has 52 heavy (non-hydrogen) atoms. The van der Waals surface area contributed by atoms with Crippen molar-refractivity contribution in [2.45, 2.75) is 56.7 Å². The predicted octanol–water partition coefficient (Wildman–Crippen LogP) is 6.41. The largest absolute Gasteiger partial charge is 0.493 e. The van der Waals surface area contributed by atoms with Crippen LogP contribution in [-0.4, -0.2) is 90.9 Å². The second kappa shape index (κ2) is 15.7. The van der Waals surface area contributed by atoms with Crippen LogP contribution in [0.2, 0.25) is 0 Å². The van der Waals surface area contributed by atoms with E-state index in [9.17, 15) is 9.90 Å². The zero-order chi connectivity index (χ0) is 36.1. The standard InChI is InChI=1S/C41H49N5O6/c1-49-36-24-29(25-37(50-2)38(36)51-3)39(48)45-20-9-18-41(28-45,30-10-5-4-6-11-30)19-23-44-21-16-31(17-22-44)46(26-32-14-15-33(27-47)52-32)40-42-34-12-7-8-13-35(34)43-40/h4-8,10-15,24-25,31,47H,9,16-23,26-28H2,1-3H3,(H,42,43). The van der Waals surface area contributed by atoms with Gasteiger partial charge in [-0.3, -0.25) is 4.79 Å². The fraction of sp³-hybridized carbons (Fsp3) is 0.415. The summed E-state index contributed by atoms with van der Waals surface area (Å²) < 4.78 is 22.6. The first kappa shape index (κ1) is 35.4. The summed E-state index contributed by atoms with van der Waals surface area (Å²) in [6.07, 6.45) is 4.85. The normalized spacial score (nSPS) is 18.4. The summed E-state index contributed by atoms with van der Waals surface area (Å²) in [7, 11) is 4.70. The van der Waals surface area contributed by atoms with Crippen LogP contribution in [0.3, 0.4) is 0 Å². The first-order valence-electron chi connectivity index (χ1n) is 18.2. The third kappa shape index (κ3) is 7.33. The number of methoxy groups -OCH3 is 3. The summed E-state index contributed by atoms with van der Waals surface area (Å²) in [4.78, 5) is 29.5. The van der Waals surface area contributed by atoms with Crippen molar-refractivity contribution in [3.05, 3.63) is 102 Å². The number of likely N-dealkylation sites (tertiary alicyclic amines) is 2. The van der Waals surface area contributed by atoms with Gasteiger partial charge in [-0.2, -0.15) is 0 Å². The molecule has 2 saturated heterocycles. The molecule has 0 saturated carbocycles. The van der Waals surface area contributed by atoms with Gasteiger partial charge in [-0.05, 0) is 80.6 Å². The van der Waals surface area contributed by atoms with Crippen molar-refractivity contribution >= 4 is 22.9 Å². The lowest BCUT2D eigenvalue weighted by molar-refractivity contribution is 0.0606. The van der Waals surface area contributed by atoms with Crippen LogP contribution >= 0.6 is 0 Å². The average Bonchev–Trinajstić information content (AvgIpc) is 3.86. The van der Waals surface area contributed by atoms with Gasteiger partial charge in [0, 0.05) is 43.2 Å². The third-order valence-electron chi connectivity index (χ3n) is 10.9. The number of aromatic nitrogens is 2. The highest BCUT2D eigenvalue weighted by molar-refractivity contribution is 5.96. The number of aromatic amines is 1. The average molecular weight is 708 g/mol. The second-order valence-corrected chi connectivity index (χ2v) is 13.9. The van der Waals surface area contributed by atoms with Crippen LogP contribution in [-0.2, 0) is 18.6 Å². The quantitative estimate of drug-likeness (QED) is 0.143. The Morgan fingerprint density at radius 3 is 2.33 bits per heavy atom. The number of anilines is 1. The predicted molar refractivity (Wildman–Crippen MR) is 200 cm³/mol. The number of furan rings is 1. The van der Waals surface area contributed by atoms with Crippen molar-refractivity contribution in [3.8, 4) is 17.2 Å². The number of rotatable bonds is 13. The molecular formula is C41H49N5O6. The Labute approximate surface area is 305 Å². The van der Waals surface area contributed by atoms with Crippen LogP contribution in [0, 0.1) is 0 Å². The fourth-order valence-corrected chi connectivity index (χ4v) is 8.11.